The molecule has 4 heteroatoms. The van der Waals surface area contributed by atoms with E-state index in [-0.39, 0.29) is 12.4 Å². The molecule has 1 aromatic heterocycles. The SMILES string of the molecule is NCc1ncnc(C2CCC2)c1F. The standard InChI is InChI=1S/C9H12FN3/c10-8-7(4-11)12-5-13-9(8)6-2-1-3-6/h5-6H,1-4,11H2. The van der Waals surface area contributed by atoms with Crippen LogP contribution in [-0.4, -0.2) is 9.97 Å². The van der Waals surface area contributed by atoms with Crippen molar-refractivity contribution in [1.29, 1.82) is 0 Å². The lowest BCUT2D eigenvalue weighted by molar-refractivity contribution is 0.390. The fourth-order valence-electron chi connectivity index (χ4n) is 1.53. The highest BCUT2D eigenvalue weighted by Crippen LogP contribution is 2.36. The van der Waals surface area contributed by atoms with E-state index in [1.165, 1.54) is 12.7 Å². The maximum atomic E-state index is 13.5. The second kappa shape index (κ2) is 3.38. The first kappa shape index (κ1) is 8.56. The highest BCUT2D eigenvalue weighted by molar-refractivity contribution is 5.17. The normalized spacial score (nSPS) is 17.1. The largest absolute Gasteiger partial charge is 0.325 e. The summed E-state index contributed by atoms with van der Waals surface area (Å²) in [6.45, 7) is 0.147. The Labute approximate surface area is 76.2 Å². The van der Waals surface area contributed by atoms with Gasteiger partial charge in [-0.25, -0.2) is 14.4 Å². The molecule has 70 valence electrons. The Morgan fingerprint density at radius 2 is 2.23 bits per heavy atom. The maximum absolute atomic E-state index is 13.5. The van der Waals surface area contributed by atoms with Crippen LogP contribution in [0.3, 0.4) is 0 Å². The van der Waals surface area contributed by atoms with Crippen molar-refractivity contribution in [3.05, 3.63) is 23.5 Å². The first-order valence-electron chi connectivity index (χ1n) is 4.52. The van der Waals surface area contributed by atoms with Crippen LogP contribution in [0.2, 0.25) is 0 Å². The lowest BCUT2D eigenvalue weighted by atomic mass is 9.82. The quantitative estimate of drug-likeness (QED) is 0.749. The number of halogens is 1. The minimum Gasteiger partial charge on any atom is -0.325 e. The van der Waals surface area contributed by atoms with Gasteiger partial charge < -0.3 is 5.73 Å². The lowest BCUT2D eigenvalue weighted by Crippen LogP contribution is -2.15. The van der Waals surface area contributed by atoms with Crippen molar-refractivity contribution >= 4 is 0 Å². The number of nitrogens with two attached hydrogens (primary N) is 1. The van der Waals surface area contributed by atoms with E-state index in [9.17, 15) is 4.39 Å². The van der Waals surface area contributed by atoms with Gasteiger partial charge in [0.1, 0.15) is 6.33 Å². The highest BCUT2D eigenvalue weighted by Gasteiger charge is 2.25. The molecule has 0 amide bonds. The van der Waals surface area contributed by atoms with Gasteiger partial charge in [-0.05, 0) is 12.8 Å². The Bertz CT molecular complexity index is 310. The van der Waals surface area contributed by atoms with Gasteiger partial charge in [-0.15, -0.1) is 0 Å². The summed E-state index contributed by atoms with van der Waals surface area (Å²) in [5.74, 6) is 0.00278. The summed E-state index contributed by atoms with van der Waals surface area (Å²) in [4.78, 5) is 7.75. The average molecular weight is 181 g/mol. The van der Waals surface area contributed by atoms with Gasteiger partial charge in [0, 0.05) is 12.5 Å². The van der Waals surface area contributed by atoms with E-state index < -0.39 is 0 Å². The molecule has 0 aromatic carbocycles. The van der Waals surface area contributed by atoms with E-state index in [0.717, 1.165) is 12.8 Å². The molecular formula is C9H12FN3. The molecule has 13 heavy (non-hydrogen) atoms. The Hall–Kier alpha value is -1.03. The third-order valence-corrected chi connectivity index (χ3v) is 2.57. The zero-order chi connectivity index (χ0) is 9.26. The summed E-state index contributed by atoms with van der Waals surface area (Å²) >= 11 is 0. The first-order chi connectivity index (χ1) is 6.33. The van der Waals surface area contributed by atoms with Crippen LogP contribution in [0, 0.1) is 5.82 Å². The number of rotatable bonds is 2. The second-order valence-corrected chi connectivity index (χ2v) is 3.35. The Balaban J connectivity index is 2.33. The molecule has 0 bridgehead atoms. The van der Waals surface area contributed by atoms with E-state index in [1.54, 1.807) is 0 Å². The average Bonchev–Trinajstić information content (AvgIpc) is 2.05. The molecule has 1 heterocycles. The molecule has 1 aliphatic rings. The van der Waals surface area contributed by atoms with Crippen LogP contribution in [0.1, 0.15) is 36.6 Å². The van der Waals surface area contributed by atoms with Crippen molar-refractivity contribution in [3.8, 4) is 0 Å². The topological polar surface area (TPSA) is 51.8 Å². The monoisotopic (exact) mass is 181 g/mol. The van der Waals surface area contributed by atoms with Crippen molar-refractivity contribution in [2.75, 3.05) is 0 Å². The van der Waals surface area contributed by atoms with Crippen LogP contribution in [0.4, 0.5) is 4.39 Å². The Morgan fingerprint density at radius 1 is 1.46 bits per heavy atom. The van der Waals surface area contributed by atoms with E-state index in [4.69, 9.17) is 5.73 Å². The zero-order valence-corrected chi connectivity index (χ0v) is 7.33. The molecule has 1 fully saturated rings. The van der Waals surface area contributed by atoms with Gasteiger partial charge in [0.15, 0.2) is 5.82 Å². The van der Waals surface area contributed by atoms with Crippen LogP contribution in [0.15, 0.2) is 6.33 Å². The number of hydrogen-bond acceptors (Lipinski definition) is 3. The van der Waals surface area contributed by atoms with Crippen molar-refractivity contribution in [2.45, 2.75) is 31.7 Å². The molecule has 1 saturated carbocycles. The number of aromatic nitrogens is 2. The second-order valence-electron chi connectivity index (χ2n) is 3.35. The fraction of sp³-hybridized carbons (Fsp3) is 0.556. The summed E-state index contributed by atoms with van der Waals surface area (Å²) in [5.41, 5.74) is 6.24. The summed E-state index contributed by atoms with van der Waals surface area (Å²) in [6.07, 6.45) is 4.65. The lowest BCUT2D eigenvalue weighted by Gasteiger charge is -2.25. The molecule has 0 radical (unpaired) electrons. The van der Waals surface area contributed by atoms with Crippen LogP contribution in [0.5, 0.6) is 0 Å². The molecule has 1 aliphatic carbocycles. The van der Waals surface area contributed by atoms with Crippen molar-refractivity contribution in [1.82, 2.24) is 9.97 Å². The van der Waals surface area contributed by atoms with Crippen LogP contribution in [-0.2, 0) is 6.54 Å². The predicted molar refractivity (Wildman–Crippen MR) is 46.5 cm³/mol. The van der Waals surface area contributed by atoms with Crippen LogP contribution in [0.25, 0.3) is 0 Å². The fourth-order valence-corrected chi connectivity index (χ4v) is 1.53. The van der Waals surface area contributed by atoms with Gasteiger partial charge in [-0.3, -0.25) is 0 Å². The summed E-state index contributed by atoms with van der Waals surface area (Å²) in [5, 5.41) is 0. The molecule has 2 N–H and O–H groups in total. The van der Waals surface area contributed by atoms with Crippen molar-refractivity contribution < 1.29 is 4.39 Å². The van der Waals surface area contributed by atoms with Gasteiger partial charge in [0.2, 0.25) is 0 Å². The van der Waals surface area contributed by atoms with E-state index in [0.29, 0.717) is 17.3 Å². The van der Waals surface area contributed by atoms with Gasteiger partial charge in [0.25, 0.3) is 0 Å². The number of hydrogen-bond donors (Lipinski definition) is 1. The predicted octanol–water partition coefficient (Wildman–Crippen LogP) is 1.34. The summed E-state index contributed by atoms with van der Waals surface area (Å²) < 4.78 is 13.5. The smallest absolute Gasteiger partial charge is 0.167 e. The van der Waals surface area contributed by atoms with Gasteiger partial charge in [-0.2, -0.15) is 0 Å². The molecule has 2 rings (SSSR count). The molecule has 1 aromatic rings. The Kier molecular flexibility index (Phi) is 2.22. The minimum atomic E-state index is -0.297. The van der Waals surface area contributed by atoms with Crippen molar-refractivity contribution in [3.63, 3.8) is 0 Å². The number of nitrogens with zero attached hydrogens (tertiary/aromatic N) is 2. The minimum absolute atomic E-state index is 0.147. The van der Waals surface area contributed by atoms with Crippen molar-refractivity contribution in [2.24, 2.45) is 5.73 Å². The summed E-state index contributed by atoms with van der Waals surface area (Å²) in [6, 6.07) is 0. The molecular weight excluding hydrogens is 169 g/mol. The van der Waals surface area contributed by atoms with Gasteiger partial charge in [0.05, 0.1) is 11.4 Å². The van der Waals surface area contributed by atoms with E-state index in [2.05, 4.69) is 9.97 Å². The van der Waals surface area contributed by atoms with Crippen LogP contribution < -0.4 is 5.73 Å². The zero-order valence-electron chi connectivity index (χ0n) is 7.33. The van der Waals surface area contributed by atoms with E-state index in [1.807, 2.05) is 0 Å². The molecule has 0 saturated heterocycles. The Morgan fingerprint density at radius 3 is 2.77 bits per heavy atom. The molecule has 0 atom stereocenters. The maximum Gasteiger partial charge on any atom is 0.167 e. The van der Waals surface area contributed by atoms with Crippen LogP contribution >= 0.6 is 0 Å². The molecule has 0 aliphatic heterocycles. The molecule has 3 nitrogen and oxygen atoms in total. The molecule has 0 unspecified atom stereocenters. The third-order valence-electron chi connectivity index (χ3n) is 2.57. The van der Waals surface area contributed by atoms with Gasteiger partial charge >= 0.3 is 0 Å². The molecule has 0 spiro atoms. The van der Waals surface area contributed by atoms with Gasteiger partial charge in [-0.1, -0.05) is 6.42 Å². The summed E-state index contributed by atoms with van der Waals surface area (Å²) in [7, 11) is 0. The van der Waals surface area contributed by atoms with E-state index >= 15 is 0 Å². The highest BCUT2D eigenvalue weighted by atomic mass is 19.1. The first-order valence-corrected chi connectivity index (χ1v) is 4.52. The third kappa shape index (κ3) is 1.42.